The van der Waals surface area contributed by atoms with Crippen molar-refractivity contribution in [3.63, 3.8) is 0 Å². The Labute approximate surface area is 177 Å². The molecular weight excluding hydrogens is 411 g/mol. The fraction of sp³-hybridized carbons (Fsp3) is 0.409. The predicted molar refractivity (Wildman–Crippen MR) is 105 cm³/mol. The number of ether oxygens (including phenoxy) is 1. The van der Waals surface area contributed by atoms with E-state index in [4.69, 9.17) is 4.74 Å². The number of carbonyl (C=O) groups excluding carboxylic acids is 2. The molecule has 2 saturated heterocycles. The lowest BCUT2D eigenvalue weighted by atomic mass is 9.98. The van der Waals surface area contributed by atoms with E-state index in [-0.39, 0.29) is 35.8 Å². The number of rotatable bonds is 3. The number of hydrogen-bond donors (Lipinski definition) is 0. The second-order valence-corrected chi connectivity index (χ2v) is 7.82. The van der Waals surface area contributed by atoms with Crippen LogP contribution in [0, 0.1) is 0 Å². The Bertz CT molecular complexity index is 942. The summed E-state index contributed by atoms with van der Waals surface area (Å²) in [5, 5.41) is 0. The van der Waals surface area contributed by atoms with E-state index in [1.807, 2.05) is 37.3 Å². The van der Waals surface area contributed by atoms with Gasteiger partial charge in [-0.05, 0) is 37.5 Å². The van der Waals surface area contributed by atoms with Gasteiger partial charge in [-0.25, -0.2) is 4.79 Å². The monoisotopic (exact) mass is 433 g/mol. The summed E-state index contributed by atoms with van der Waals surface area (Å²) in [5.74, 6) is -0.362. The molecule has 2 aliphatic rings. The van der Waals surface area contributed by atoms with Gasteiger partial charge < -0.3 is 9.64 Å². The summed E-state index contributed by atoms with van der Waals surface area (Å²) in [4.78, 5) is 31.9. The van der Waals surface area contributed by atoms with Gasteiger partial charge in [0.2, 0.25) is 0 Å². The molecule has 31 heavy (non-hydrogen) atoms. The van der Waals surface area contributed by atoms with E-state index in [2.05, 4.69) is 4.98 Å². The van der Waals surface area contributed by atoms with Gasteiger partial charge in [0.25, 0.3) is 5.91 Å². The van der Waals surface area contributed by atoms with Crippen LogP contribution in [-0.4, -0.2) is 52.0 Å². The van der Waals surface area contributed by atoms with Crippen molar-refractivity contribution in [2.24, 2.45) is 0 Å². The van der Waals surface area contributed by atoms with E-state index in [9.17, 15) is 22.8 Å². The van der Waals surface area contributed by atoms with Crippen molar-refractivity contribution in [3.05, 3.63) is 65.5 Å². The van der Waals surface area contributed by atoms with Crippen LogP contribution in [0.1, 0.15) is 47.5 Å². The Morgan fingerprint density at radius 1 is 1.10 bits per heavy atom. The number of cyclic esters (lactones) is 1. The van der Waals surface area contributed by atoms with Crippen LogP contribution in [0.5, 0.6) is 0 Å². The summed E-state index contributed by atoms with van der Waals surface area (Å²) in [5.41, 5.74) is 0.0232. The lowest BCUT2D eigenvalue weighted by molar-refractivity contribution is -0.141. The fourth-order valence-electron chi connectivity index (χ4n) is 4.27. The molecular formula is C22H22F3N3O3. The number of nitrogens with zero attached hydrogens (tertiary/aromatic N) is 3. The van der Waals surface area contributed by atoms with Crippen molar-refractivity contribution in [3.8, 4) is 0 Å². The van der Waals surface area contributed by atoms with Crippen molar-refractivity contribution in [2.75, 3.05) is 13.1 Å². The number of halogens is 3. The smallest absolute Gasteiger partial charge is 0.433 e. The average molecular weight is 433 g/mol. The van der Waals surface area contributed by atoms with Crippen molar-refractivity contribution in [2.45, 2.75) is 44.1 Å². The van der Waals surface area contributed by atoms with E-state index in [0.717, 1.165) is 23.9 Å². The van der Waals surface area contributed by atoms with E-state index >= 15 is 0 Å². The minimum absolute atomic E-state index is 0.0639. The largest absolute Gasteiger partial charge is 0.439 e. The molecule has 0 unspecified atom stereocenters. The number of pyridine rings is 1. The topological polar surface area (TPSA) is 62.7 Å². The lowest BCUT2D eigenvalue weighted by Gasteiger charge is -2.37. The first-order chi connectivity index (χ1) is 14.8. The molecule has 1 aromatic heterocycles. The van der Waals surface area contributed by atoms with Gasteiger partial charge in [0.05, 0.1) is 11.6 Å². The first kappa shape index (κ1) is 21.1. The maximum Gasteiger partial charge on any atom is 0.433 e. The highest BCUT2D eigenvalue weighted by Crippen LogP contribution is 2.36. The second-order valence-electron chi connectivity index (χ2n) is 7.82. The first-order valence-corrected chi connectivity index (χ1v) is 10.1. The number of benzene rings is 1. The van der Waals surface area contributed by atoms with Gasteiger partial charge in [0.1, 0.15) is 11.8 Å². The lowest BCUT2D eigenvalue weighted by Crippen LogP contribution is -2.49. The van der Waals surface area contributed by atoms with Gasteiger partial charge in [0, 0.05) is 25.3 Å². The summed E-state index contributed by atoms with van der Waals surface area (Å²) >= 11 is 0. The number of hydrogen-bond acceptors (Lipinski definition) is 4. The number of alkyl halides is 3. The second kappa shape index (κ2) is 8.20. The van der Waals surface area contributed by atoms with Crippen LogP contribution in [0.4, 0.5) is 18.0 Å². The molecule has 2 amide bonds. The number of likely N-dealkylation sites (tertiary alicyclic amines) is 1. The third kappa shape index (κ3) is 4.22. The van der Waals surface area contributed by atoms with Crippen molar-refractivity contribution < 1.29 is 27.5 Å². The summed E-state index contributed by atoms with van der Waals surface area (Å²) < 4.78 is 43.6. The average Bonchev–Trinajstić information content (AvgIpc) is 3.07. The normalized spacial score (nSPS) is 22.5. The molecule has 0 spiro atoms. The van der Waals surface area contributed by atoms with Crippen LogP contribution in [0.2, 0.25) is 0 Å². The SMILES string of the molecule is C[C@@H]1[C@H](c2ccccc2)OC(=O)N1C1CCN(C(=O)c2ccc(C(F)(F)F)nc2)CC1. The van der Waals surface area contributed by atoms with Crippen LogP contribution in [0.3, 0.4) is 0 Å². The highest BCUT2D eigenvalue weighted by Gasteiger charge is 2.44. The highest BCUT2D eigenvalue weighted by atomic mass is 19.4. The van der Waals surface area contributed by atoms with Crippen molar-refractivity contribution in [1.29, 1.82) is 0 Å². The standard InChI is InChI=1S/C22H22F3N3O3/c1-14-19(15-5-3-2-4-6-15)31-21(30)28(14)17-9-11-27(12-10-17)20(29)16-7-8-18(26-13-16)22(23,24)25/h2-8,13-14,17,19H,9-12H2,1H3/t14-,19-/m1/s1. The summed E-state index contributed by atoms with van der Waals surface area (Å²) in [6.07, 6.45) is -3.15. The van der Waals surface area contributed by atoms with Crippen molar-refractivity contribution in [1.82, 2.24) is 14.8 Å². The Kier molecular flexibility index (Phi) is 5.60. The van der Waals surface area contributed by atoms with Crippen LogP contribution < -0.4 is 0 Å². The molecule has 0 aliphatic carbocycles. The highest BCUT2D eigenvalue weighted by molar-refractivity contribution is 5.94. The molecule has 3 heterocycles. The fourth-order valence-corrected chi connectivity index (χ4v) is 4.27. The maximum absolute atomic E-state index is 12.7. The molecule has 0 radical (unpaired) electrons. The van der Waals surface area contributed by atoms with E-state index in [1.54, 1.807) is 9.80 Å². The van der Waals surface area contributed by atoms with Crippen LogP contribution >= 0.6 is 0 Å². The summed E-state index contributed by atoms with van der Waals surface area (Å²) in [6, 6.07) is 11.3. The van der Waals surface area contributed by atoms with Crippen LogP contribution in [0.15, 0.2) is 48.7 Å². The minimum atomic E-state index is -4.54. The molecule has 6 nitrogen and oxygen atoms in total. The van der Waals surface area contributed by atoms with Gasteiger partial charge in [-0.2, -0.15) is 13.2 Å². The first-order valence-electron chi connectivity index (χ1n) is 10.1. The van der Waals surface area contributed by atoms with Gasteiger partial charge in [0.15, 0.2) is 0 Å². The Morgan fingerprint density at radius 2 is 1.77 bits per heavy atom. The maximum atomic E-state index is 12.7. The van der Waals surface area contributed by atoms with Gasteiger partial charge in [-0.3, -0.25) is 14.7 Å². The minimum Gasteiger partial charge on any atom is -0.439 e. The Hall–Kier alpha value is -3.10. The quantitative estimate of drug-likeness (QED) is 0.725. The van der Waals surface area contributed by atoms with E-state index in [0.29, 0.717) is 25.9 Å². The van der Waals surface area contributed by atoms with Crippen molar-refractivity contribution >= 4 is 12.0 Å². The molecule has 164 valence electrons. The molecule has 1 aromatic carbocycles. The third-order valence-corrected chi connectivity index (χ3v) is 5.89. The number of carbonyl (C=O) groups is 2. The zero-order valence-electron chi connectivity index (χ0n) is 16.9. The van der Waals surface area contributed by atoms with Crippen LogP contribution in [-0.2, 0) is 10.9 Å². The summed E-state index contributed by atoms with van der Waals surface area (Å²) in [7, 11) is 0. The molecule has 2 fully saturated rings. The molecule has 2 aromatic rings. The van der Waals surface area contributed by atoms with Gasteiger partial charge >= 0.3 is 12.3 Å². The Balaban J connectivity index is 1.38. The molecule has 0 N–H and O–H groups in total. The molecule has 9 heteroatoms. The summed E-state index contributed by atoms with van der Waals surface area (Å²) in [6.45, 7) is 2.75. The Morgan fingerprint density at radius 3 is 2.35 bits per heavy atom. The van der Waals surface area contributed by atoms with Gasteiger partial charge in [-0.1, -0.05) is 30.3 Å². The zero-order chi connectivity index (χ0) is 22.2. The molecule has 0 saturated carbocycles. The number of aromatic nitrogens is 1. The third-order valence-electron chi connectivity index (χ3n) is 5.89. The number of amides is 2. The molecule has 2 aliphatic heterocycles. The van der Waals surface area contributed by atoms with E-state index < -0.39 is 11.9 Å². The number of piperidine rings is 1. The zero-order valence-corrected chi connectivity index (χ0v) is 16.9. The predicted octanol–water partition coefficient (Wildman–Crippen LogP) is 4.29. The van der Waals surface area contributed by atoms with Crippen LogP contribution in [0.25, 0.3) is 0 Å². The molecule has 2 atom stereocenters. The molecule has 0 bridgehead atoms. The van der Waals surface area contributed by atoms with E-state index in [1.165, 1.54) is 0 Å². The molecule has 4 rings (SSSR count). The van der Waals surface area contributed by atoms with Gasteiger partial charge in [-0.15, -0.1) is 0 Å².